The van der Waals surface area contributed by atoms with Crippen LogP contribution in [0.1, 0.15) is 69.7 Å². The van der Waals surface area contributed by atoms with Crippen molar-refractivity contribution in [2.24, 2.45) is 0 Å². The largest absolute Gasteiger partial charge is 0.488 e. The molecule has 1 N–H and O–H groups in total. The van der Waals surface area contributed by atoms with E-state index in [1.54, 1.807) is 11.0 Å². The van der Waals surface area contributed by atoms with Gasteiger partial charge in [-0.2, -0.15) is 0 Å². The van der Waals surface area contributed by atoms with E-state index in [2.05, 4.69) is 34.6 Å². The number of hydrogen-bond donors (Lipinski definition) is 1. The van der Waals surface area contributed by atoms with E-state index in [0.717, 1.165) is 43.6 Å². The molecule has 2 aromatic heterocycles. The van der Waals surface area contributed by atoms with Crippen LogP contribution in [0.5, 0.6) is 5.75 Å². The van der Waals surface area contributed by atoms with Crippen LogP contribution in [0.25, 0.3) is 21.3 Å². The summed E-state index contributed by atoms with van der Waals surface area (Å²) in [5, 5.41) is 5.30. The Balaban J connectivity index is 1.30. The van der Waals surface area contributed by atoms with Gasteiger partial charge in [-0.15, -0.1) is 11.3 Å². The Morgan fingerprint density at radius 2 is 1.54 bits per heavy atom. The summed E-state index contributed by atoms with van der Waals surface area (Å²) in [5.41, 5.74) is 6.48. The maximum absolute atomic E-state index is 15.0. The number of halogens is 1. The van der Waals surface area contributed by atoms with Crippen molar-refractivity contribution in [3.05, 3.63) is 118 Å². The molecule has 54 heavy (non-hydrogen) atoms. The molecule has 2 heterocycles. The maximum Gasteiger partial charge on any atom is 0.407 e. The van der Waals surface area contributed by atoms with Crippen molar-refractivity contribution in [3.8, 4) is 16.9 Å². The van der Waals surface area contributed by atoms with Crippen LogP contribution in [0, 0.1) is 0 Å². The minimum atomic E-state index is -0.997. The highest BCUT2D eigenvalue weighted by molar-refractivity contribution is 7.17. The number of carbonyl (C=O) groups excluding carboxylic acids is 2. The Hall–Kier alpha value is -4.48. The molecule has 0 fully saturated rings. The molecule has 9 nitrogen and oxygen atoms in total. The number of aromatic nitrogens is 1. The predicted molar refractivity (Wildman–Crippen MR) is 214 cm³/mol. The van der Waals surface area contributed by atoms with Gasteiger partial charge in [-0.1, -0.05) is 72.3 Å². The van der Waals surface area contributed by atoms with Crippen molar-refractivity contribution in [3.63, 3.8) is 0 Å². The third kappa shape index (κ3) is 9.24. The summed E-state index contributed by atoms with van der Waals surface area (Å²) in [7, 11) is 0. The third-order valence-electron chi connectivity index (χ3n) is 9.35. The SMILES string of the molecule is CCOC(OCC)[C@H](C)N(Cc1csc2ccc(Cl)nc12)C(=O)[C@H](Cc1ccc(OC(C)(C)C)cc1)NC(=O)OCC1c2ccccc2-c2ccccc21. The van der Waals surface area contributed by atoms with Crippen LogP contribution in [-0.4, -0.2) is 65.7 Å². The van der Waals surface area contributed by atoms with E-state index in [1.807, 2.05) is 102 Å². The van der Waals surface area contributed by atoms with Gasteiger partial charge in [-0.25, -0.2) is 9.78 Å². The van der Waals surface area contributed by atoms with E-state index in [9.17, 15) is 9.59 Å². The van der Waals surface area contributed by atoms with E-state index in [0.29, 0.717) is 24.1 Å². The molecule has 0 unspecified atom stereocenters. The highest BCUT2D eigenvalue weighted by atomic mass is 35.5. The van der Waals surface area contributed by atoms with Gasteiger partial charge in [0, 0.05) is 37.7 Å². The summed E-state index contributed by atoms with van der Waals surface area (Å²) in [6.45, 7) is 12.7. The number of hydrogen-bond acceptors (Lipinski definition) is 8. The molecule has 1 aliphatic rings. The standard InChI is InChI=1S/C43H48ClN3O6S/c1-7-50-41(51-8-2)27(3)47(24-29-26-54-37-21-22-38(44)46-39(29)37)40(48)36(23-28-17-19-30(20-18-28)53-43(4,5)6)45-42(49)52-25-35-33-15-11-9-13-31(33)32-14-10-12-16-34(32)35/h9-22,26-27,35-36,41H,7-8,23-25H2,1-6H3,(H,45,49)/t27-,36-/m0/s1. The van der Waals surface area contributed by atoms with Crippen molar-refractivity contribution < 1.29 is 28.5 Å². The van der Waals surface area contributed by atoms with Gasteiger partial charge in [0.05, 0.1) is 16.3 Å². The number of amides is 2. The molecule has 0 aliphatic heterocycles. The Morgan fingerprint density at radius 3 is 2.15 bits per heavy atom. The molecule has 6 rings (SSSR count). The smallest absolute Gasteiger partial charge is 0.407 e. The number of nitrogens with zero attached hydrogens (tertiary/aromatic N) is 2. The van der Waals surface area contributed by atoms with Gasteiger partial charge in [0.15, 0.2) is 6.29 Å². The Kier molecular flexibility index (Phi) is 12.6. The number of alkyl carbamates (subject to hydrolysis) is 1. The molecular weight excluding hydrogens is 722 g/mol. The number of fused-ring (bicyclic) bond motifs is 4. The molecule has 0 radical (unpaired) electrons. The van der Waals surface area contributed by atoms with Gasteiger partial charge < -0.3 is 29.2 Å². The molecule has 0 saturated heterocycles. The van der Waals surface area contributed by atoms with Crippen molar-refractivity contribution in [2.45, 2.75) is 84.4 Å². The van der Waals surface area contributed by atoms with E-state index < -0.39 is 24.5 Å². The minimum Gasteiger partial charge on any atom is -0.488 e. The monoisotopic (exact) mass is 769 g/mol. The summed E-state index contributed by atoms with van der Waals surface area (Å²) in [4.78, 5) is 35.1. The van der Waals surface area contributed by atoms with Crippen LogP contribution in [-0.2, 0) is 32.0 Å². The van der Waals surface area contributed by atoms with Crippen LogP contribution < -0.4 is 10.1 Å². The van der Waals surface area contributed by atoms with E-state index in [-0.39, 0.29) is 37.0 Å². The number of benzene rings is 3. The zero-order valence-electron chi connectivity index (χ0n) is 31.6. The van der Waals surface area contributed by atoms with E-state index in [4.69, 9.17) is 30.5 Å². The first-order valence-corrected chi connectivity index (χ1v) is 19.7. The van der Waals surface area contributed by atoms with Gasteiger partial charge in [0.1, 0.15) is 29.2 Å². The zero-order chi connectivity index (χ0) is 38.4. The second-order valence-electron chi connectivity index (χ2n) is 14.3. The van der Waals surface area contributed by atoms with Crippen molar-refractivity contribution in [2.75, 3.05) is 19.8 Å². The number of pyridine rings is 1. The van der Waals surface area contributed by atoms with Gasteiger partial charge >= 0.3 is 6.09 Å². The maximum atomic E-state index is 15.0. The van der Waals surface area contributed by atoms with Gasteiger partial charge in [-0.05, 0) is 99.0 Å². The van der Waals surface area contributed by atoms with Crippen LogP contribution in [0.15, 0.2) is 90.3 Å². The molecule has 0 spiro atoms. The fraction of sp³-hybridized carbons (Fsp3) is 0.372. The number of nitrogens with one attached hydrogen (secondary N) is 1. The molecule has 3 aromatic carbocycles. The molecule has 2 amide bonds. The second-order valence-corrected chi connectivity index (χ2v) is 15.6. The van der Waals surface area contributed by atoms with Gasteiger partial charge in [0.2, 0.25) is 5.91 Å². The lowest BCUT2D eigenvalue weighted by atomic mass is 9.98. The first-order chi connectivity index (χ1) is 26.0. The first kappa shape index (κ1) is 39.2. The van der Waals surface area contributed by atoms with Crippen LogP contribution in [0.2, 0.25) is 5.15 Å². The van der Waals surface area contributed by atoms with Crippen molar-refractivity contribution in [1.29, 1.82) is 0 Å². The quantitative estimate of drug-likeness (QED) is 0.0837. The zero-order valence-corrected chi connectivity index (χ0v) is 33.2. The van der Waals surface area contributed by atoms with Crippen LogP contribution >= 0.6 is 22.9 Å². The lowest BCUT2D eigenvalue weighted by Gasteiger charge is -2.36. The van der Waals surface area contributed by atoms with Crippen LogP contribution in [0.3, 0.4) is 0 Å². The molecule has 1 aliphatic carbocycles. The van der Waals surface area contributed by atoms with E-state index >= 15 is 0 Å². The van der Waals surface area contributed by atoms with Crippen LogP contribution in [0.4, 0.5) is 4.79 Å². The highest BCUT2D eigenvalue weighted by Gasteiger charge is 2.35. The van der Waals surface area contributed by atoms with Crippen molar-refractivity contribution in [1.82, 2.24) is 15.2 Å². The fourth-order valence-corrected chi connectivity index (χ4v) is 7.96. The van der Waals surface area contributed by atoms with Crippen molar-refractivity contribution >= 4 is 45.2 Å². The fourth-order valence-electron chi connectivity index (χ4n) is 6.92. The first-order valence-electron chi connectivity index (χ1n) is 18.4. The highest BCUT2D eigenvalue weighted by Crippen LogP contribution is 2.44. The normalized spacial score (nSPS) is 13.7. The number of ether oxygens (including phenoxy) is 4. The lowest BCUT2D eigenvalue weighted by Crippen LogP contribution is -2.55. The topological polar surface area (TPSA) is 99.2 Å². The second kappa shape index (κ2) is 17.3. The Morgan fingerprint density at radius 1 is 0.907 bits per heavy atom. The number of carbonyl (C=O) groups is 2. The molecular formula is C43H48ClN3O6S. The summed E-state index contributed by atoms with van der Waals surface area (Å²) >= 11 is 7.85. The number of rotatable bonds is 15. The Bertz CT molecular complexity index is 2010. The van der Waals surface area contributed by atoms with E-state index in [1.165, 1.54) is 11.3 Å². The third-order valence-corrected chi connectivity index (χ3v) is 10.5. The minimum absolute atomic E-state index is 0.115. The Labute approximate surface area is 326 Å². The summed E-state index contributed by atoms with van der Waals surface area (Å²) < 4.78 is 25.0. The molecule has 284 valence electrons. The van der Waals surface area contributed by atoms with Gasteiger partial charge in [0.25, 0.3) is 0 Å². The summed E-state index contributed by atoms with van der Waals surface area (Å²) in [6.07, 6.45) is -1.20. The predicted octanol–water partition coefficient (Wildman–Crippen LogP) is 9.39. The molecule has 0 bridgehead atoms. The molecule has 0 saturated carbocycles. The molecule has 11 heteroatoms. The molecule has 2 atom stereocenters. The number of thiophene rings is 1. The summed E-state index contributed by atoms with van der Waals surface area (Å²) in [6, 6.07) is 26.1. The lowest BCUT2D eigenvalue weighted by molar-refractivity contribution is -0.179. The average Bonchev–Trinajstić information content (AvgIpc) is 3.70. The average molecular weight is 770 g/mol. The molecule has 5 aromatic rings. The summed E-state index contributed by atoms with van der Waals surface area (Å²) in [5.74, 6) is 0.256. The van der Waals surface area contributed by atoms with Gasteiger partial charge in [-0.3, -0.25) is 4.79 Å².